The lowest BCUT2D eigenvalue weighted by Gasteiger charge is -2.12. The highest BCUT2D eigenvalue weighted by Gasteiger charge is 2.10. The zero-order valence-corrected chi connectivity index (χ0v) is 14.8. The van der Waals surface area contributed by atoms with Crippen LogP contribution in [-0.2, 0) is 0 Å². The van der Waals surface area contributed by atoms with E-state index in [2.05, 4.69) is 25.5 Å². The van der Waals surface area contributed by atoms with Crippen LogP contribution in [0.2, 0.25) is 0 Å². The highest BCUT2D eigenvalue weighted by Crippen LogP contribution is 2.22. The van der Waals surface area contributed by atoms with Gasteiger partial charge < -0.3 is 15.5 Å². The van der Waals surface area contributed by atoms with Crippen LogP contribution in [-0.4, -0.2) is 48.0 Å². The average molecular weight is 327 g/mol. The number of amides is 1. The topological polar surface area (TPSA) is 70.2 Å². The molecule has 1 heterocycles. The van der Waals surface area contributed by atoms with Gasteiger partial charge in [0.05, 0.1) is 0 Å². The van der Waals surface area contributed by atoms with E-state index in [1.54, 1.807) is 12.3 Å². The lowest BCUT2D eigenvalue weighted by Crippen LogP contribution is -2.28. The summed E-state index contributed by atoms with van der Waals surface area (Å²) in [7, 11) is 4.02. The van der Waals surface area contributed by atoms with E-state index >= 15 is 0 Å². The molecule has 0 fully saturated rings. The van der Waals surface area contributed by atoms with Crippen molar-refractivity contribution in [3.05, 3.63) is 47.3 Å². The van der Waals surface area contributed by atoms with Gasteiger partial charge in [0.25, 0.3) is 5.91 Å². The van der Waals surface area contributed by atoms with Crippen LogP contribution < -0.4 is 10.6 Å². The summed E-state index contributed by atoms with van der Waals surface area (Å²) in [5.74, 6) is 0.244. The van der Waals surface area contributed by atoms with E-state index in [1.807, 2.05) is 46.1 Å². The van der Waals surface area contributed by atoms with Crippen molar-refractivity contribution in [1.29, 1.82) is 0 Å². The second-order valence-corrected chi connectivity index (χ2v) is 6.07. The monoisotopic (exact) mass is 327 g/mol. The lowest BCUT2D eigenvalue weighted by molar-refractivity contribution is 0.0947. The van der Waals surface area contributed by atoms with Crippen LogP contribution in [0.4, 0.5) is 11.6 Å². The fourth-order valence-corrected chi connectivity index (χ4v) is 2.36. The van der Waals surface area contributed by atoms with Crippen molar-refractivity contribution in [2.24, 2.45) is 0 Å². The maximum Gasteiger partial charge on any atom is 0.270 e. The number of nitrogens with zero attached hydrogens (tertiary/aromatic N) is 3. The average Bonchev–Trinajstić information content (AvgIpc) is 2.55. The summed E-state index contributed by atoms with van der Waals surface area (Å²) in [6.45, 7) is 5.61. The molecule has 0 spiro atoms. The predicted molar refractivity (Wildman–Crippen MR) is 96.7 cm³/mol. The van der Waals surface area contributed by atoms with Crippen molar-refractivity contribution in [1.82, 2.24) is 20.2 Å². The van der Waals surface area contributed by atoms with E-state index in [9.17, 15) is 4.79 Å². The fourth-order valence-electron chi connectivity index (χ4n) is 2.36. The zero-order valence-electron chi connectivity index (χ0n) is 14.8. The minimum atomic E-state index is -0.180. The van der Waals surface area contributed by atoms with Gasteiger partial charge in [-0.15, -0.1) is 0 Å². The van der Waals surface area contributed by atoms with Crippen LogP contribution >= 0.6 is 0 Å². The number of nitrogens with one attached hydrogen (secondary N) is 2. The van der Waals surface area contributed by atoms with Crippen LogP contribution in [0.3, 0.4) is 0 Å². The van der Waals surface area contributed by atoms with Crippen molar-refractivity contribution in [3.63, 3.8) is 0 Å². The summed E-state index contributed by atoms with van der Waals surface area (Å²) in [4.78, 5) is 22.8. The molecule has 2 N–H and O–H groups in total. The van der Waals surface area contributed by atoms with Crippen molar-refractivity contribution in [2.75, 3.05) is 32.5 Å². The van der Waals surface area contributed by atoms with Crippen molar-refractivity contribution < 1.29 is 4.79 Å². The number of carbonyl (C=O) groups is 1. The Morgan fingerprint density at radius 3 is 2.54 bits per heavy atom. The Morgan fingerprint density at radius 1 is 1.17 bits per heavy atom. The summed E-state index contributed by atoms with van der Waals surface area (Å²) in [6.07, 6.45) is 2.50. The molecular weight excluding hydrogens is 302 g/mol. The maximum absolute atomic E-state index is 12.2. The summed E-state index contributed by atoms with van der Waals surface area (Å²) >= 11 is 0. The van der Waals surface area contributed by atoms with Gasteiger partial charge in [0.2, 0.25) is 5.95 Å². The van der Waals surface area contributed by atoms with Gasteiger partial charge in [0, 0.05) is 18.4 Å². The predicted octanol–water partition coefficient (Wildman–Crippen LogP) is 2.52. The molecule has 6 heteroatoms. The number of hydrogen-bond acceptors (Lipinski definition) is 5. The number of aryl methyl sites for hydroxylation is 2. The molecule has 1 aromatic carbocycles. The smallest absolute Gasteiger partial charge is 0.270 e. The summed E-state index contributed by atoms with van der Waals surface area (Å²) in [5, 5.41) is 6.09. The van der Waals surface area contributed by atoms with Crippen LogP contribution in [0.25, 0.3) is 0 Å². The quantitative estimate of drug-likeness (QED) is 0.765. The number of rotatable bonds is 7. The second-order valence-electron chi connectivity index (χ2n) is 6.07. The van der Waals surface area contributed by atoms with E-state index in [-0.39, 0.29) is 5.91 Å². The van der Waals surface area contributed by atoms with E-state index in [0.29, 0.717) is 18.2 Å². The van der Waals surface area contributed by atoms with Gasteiger partial charge in [-0.2, -0.15) is 0 Å². The lowest BCUT2D eigenvalue weighted by atomic mass is 10.1. The number of anilines is 2. The van der Waals surface area contributed by atoms with Crippen molar-refractivity contribution >= 4 is 17.5 Å². The molecule has 128 valence electrons. The molecule has 0 radical (unpaired) electrons. The van der Waals surface area contributed by atoms with E-state index in [0.717, 1.165) is 29.8 Å². The van der Waals surface area contributed by atoms with Gasteiger partial charge in [-0.25, -0.2) is 9.97 Å². The number of aromatic nitrogens is 2. The summed E-state index contributed by atoms with van der Waals surface area (Å²) < 4.78 is 0. The molecule has 0 saturated carbocycles. The first-order valence-corrected chi connectivity index (χ1v) is 8.06. The highest BCUT2D eigenvalue weighted by atomic mass is 16.1. The van der Waals surface area contributed by atoms with Gasteiger partial charge >= 0.3 is 0 Å². The third kappa shape index (κ3) is 5.03. The Morgan fingerprint density at radius 2 is 1.88 bits per heavy atom. The van der Waals surface area contributed by atoms with Crippen LogP contribution in [0, 0.1) is 13.8 Å². The van der Waals surface area contributed by atoms with E-state index in [4.69, 9.17) is 0 Å². The minimum absolute atomic E-state index is 0.180. The third-order valence-electron chi connectivity index (χ3n) is 3.67. The van der Waals surface area contributed by atoms with Gasteiger partial charge in [0.1, 0.15) is 5.69 Å². The normalized spacial score (nSPS) is 10.7. The number of benzene rings is 1. The van der Waals surface area contributed by atoms with Crippen LogP contribution in [0.15, 0.2) is 30.5 Å². The molecule has 0 unspecified atom stereocenters. The minimum Gasteiger partial charge on any atom is -0.351 e. The van der Waals surface area contributed by atoms with Gasteiger partial charge in [-0.05, 0) is 58.1 Å². The van der Waals surface area contributed by atoms with Crippen molar-refractivity contribution in [3.8, 4) is 0 Å². The Kier molecular flexibility index (Phi) is 6.26. The molecule has 0 aliphatic carbocycles. The molecular formula is C18H25N5O. The molecule has 0 aliphatic rings. The third-order valence-corrected chi connectivity index (χ3v) is 3.67. The van der Waals surface area contributed by atoms with Crippen LogP contribution in [0.1, 0.15) is 28.0 Å². The molecule has 24 heavy (non-hydrogen) atoms. The SMILES string of the molecule is Cc1cccc(C)c1Nc1nccc(C(=O)NCCCN(C)C)n1. The number of para-hydroxylation sites is 1. The molecule has 2 aromatic rings. The number of hydrogen-bond donors (Lipinski definition) is 2. The molecule has 6 nitrogen and oxygen atoms in total. The standard InChI is InChI=1S/C18H25N5O/c1-13-7-5-8-14(2)16(13)22-18-20-11-9-15(21-18)17(24)19-10-6-12-23(3)4/h5,7-9,11H,6,10,12H2,1-4H3,(H,19,24)(H,20,21,22). The first-order chi connectivity index (χ1) is 11.5. The first-order valence-electron chi connectivity index (χ1n) is 8.06. The van der Waals surface area contributed by atoms with E-state index < -0.39 is 0 Å². The maximum atomic E-state index is 12.2. The molecule has 1 aromatic heterocycles. The molecule has 1 amide bonds. The first kappa shape index (κ1) is 17.9. The van der Waals surface area contributed by atoms with E-state index in [1.165, 1.54) is 0 Å². The van der Waals surface area contributed by atoms with Crippen molar-refractivity contribution in [2.45, 2.75) is 20.3 Å². The number of carbonyl (C=O) groups excluding carboxylic acids is 1. The Hall–Kier alpha value is -2.47. The van der Waals surface area contributed by atoms with Gasteiger partial charge in [-0.3, -0.25) is 4.79 Å². The zero-order chi connectivity index (χ0) is 17.5. The Balaban J connectivity index is 2.02. The summed E-state index contributed by atoms with van der Waals surface area (Å²) in [5.41, 5.74) is 3.55. The van der Waals surface area contributed by atoms with Crippen LogP contribution in [0.5, 0.6) is 0 Å². The second kappa shape index (κ2) is 8.40. The molecule has 0 aliphatic heterocycles. The highest BCUT2D eigenvalue weighted by molar-refractivity contribution is 5.92. The van der Waals surface area contributed by atoms with Gasteiger partial charge in [0.15, 0.2) is 0 Å². The molecule has 0 bridgehead atoms. The molecule has 2 rings (SSSR count). The molecule has 0 atom stereocenters. The summed E-state index contributed by atoms with van der Waals surface area (Å²) in [6, 6.07) is 7.68. The largest absolute Gasteiger partial charge is 0.351 e. The Labute approximate surface area is 143 Å². The molecule has 0 saturated heterocycles. The Bertz CT molecular complexity index is 679. The van der Waals surface area contributed by atoms with Gasteiger partial charge in [-0.1, -0.05) is 18.2 Å². The fraction of sp³-hybridized carbons (Fsp3) is 0.389.